The smallest absolute Gasteiger partial charge is 0.303 e. The first-order chi connectivity index (χ1) is 8.16. The van der Waals surface area contributed by atoms with E-state index in [0.29, 0.717) is 16.7 Å². The van der Waals surface area contributed by atoms with Crippen molar-refractivity contribution < 1.29 is 14.3 Å². The Kier molecular flexibility index (Phi) is 3.44. The quantitative estimate of drug-likeness (QED) is 0.907. The minimum Gasteiger partial charge on any atom is -0.481 e. The van der Waals surface area contributed by atoms with Crippen molar-refractivity contribution in [1.82, 2.24) is 4.98 Å². The molecule has 0 saturated carbocycles. The summed E-state index contributed by atoms with van der Waals surface area (Å²) in [6, 6.07) is 7.26. The molecular formula is C12H10ClNO3. The standard InChI is InChI=1S/C12H10ClNO3/c13-9-4-2-1-3-8(9)10-7-14-11(17-10)5-6-12(15)16/h1-4,7H,5-6H2,(H,15,16). The summed E-state index contributed by atoms with van der Waals surface area (Å²) < 4.78 is 5.44. The zero-order valence-electron chi connectivity index (χ0n) is 8.89. The molecule has 0 fully saturated rings. The minimum atomic E-state index is -0.873. The molecule has 0 atom stereocenters. The summed E-state index contributed by atoms with van der Waals surface area (Å²) in [5.74, 6) is 0.0841. The minimum absolute atomic E-state index is 0.00246. The monoisotopic (exact) mass is 251 g/mol. The fourth-order valence-electron chi connectivity index (χ4n) is 1.43. The molecule has 17 heavy (non-hydrogen) atoms. The number of aromatic nitrogens is 1. The number of hydrogen-bond acceptors (Lipinski definition) is 3. The molecule has 2 rings (SSSR count). The van der Waals surface area contributed by atoms with Crippen LogP contribution < -0.4 is 0 Å². The second-order valence-electron chi connectivity index (χ2n) is 3.49. The summed E-state index contributed by atoms with van der Waals surface area (Å²) in [6.07, 6.45) is 1.83. The molecule has 88 valence electrons. The Morgan fingerprint density at radius 2 is 2.18 bits per heavy atom. The lowest BCUT2D eigenvalue weighted by atomic mass is 10.2. The molecule has 0 radical (unpaired) electrons. The molecule has 0 aliphatic carbocycles. The Labute approximate surface area is 103 Å². The number of aliphatic carboxylic acids is 1. The second kappa shape index (κ2) is 5.01. The molecule has 1 aromatic carbocycles. The molecule has 0 aliphatic heterocycles. The summed E-state index contributed by atoms with van der Waals surface area (Å²) in [5, 5.41) is 9.13. The summed E-state index contributed by atoms with van der Waals surface area (Å²) in [6.45, 7) is 0. The molecule has 0 aliphatic rings. The summed E-state index contributed by atoms with van der Waals surface area (Å²) in [5.41, 5.74) is 0.753. The fourth-order valence-corrected chi connectivity index (χ4v) is 1.65. The fraction of sp³-hybridized carbons (Fsp3) is 0.167. The number of rotatable bonds is 4. The number of carboxylic acid groups (broad SMARTS) is 1. The zero-order valence-corrected chi connectivity index (χ0v) is 9.65. The zero-order chi connectivity index (χ0) is 12.3. The number of carbonyl (C=O) groups is 1. The lowest BCUT2D eigenvalue weighted by Gasteiger charge is -1.98. The lowest BCUT2D eigenvalue weighted by molar-refractivity contribution is -0.137. The third-order valence-electron chi connectivity index (χ3n) is 2.25. The number of nitrogens with zero attached hydrogens (tertiary/aromatic N) is 1. The van der Waals surface area contributed by atoms with Crippen molar-refractivity contribution in [2.45, 2.75) is 12.8 Å². The first-order valence-corrected chi connectivity index (χ1v) is 5.46. The number of hydrogen-bond donors (Lipinski definition) is 1. The topological polar surface area (TPSA) is 63.3 Å². The Bertz CT molecular complexity index is 536. The molecule has 1 N–H and O–H groups in total. The number of benzene rings is 1. The predicted octanol–water partition coefficient (Wildman–Crippen LogP) is 3.01. The van der Waals surface area contributed by atoms with E-state index in [1.165, 1.54) is 0 Å². The van der Waals surface area contributed by atoms with Crippen LogP contribution in [0.5, 0.6) is 0 Å². The molecular weight excluding hydrogens is 242 g/mol. The van der Waals surface area contributed by atoms with Gasteiger partial charge in [0.1, 0.15) is 0 Å². The van der Waals surface area contributed by atoms with E-state index in [4.69, 9.17) is 21.1 Å². The molecule has 1 heterocycles. The van der Waals surface area contributed by atoms with Crippen LogP contribution in [0.3, 0.4) is 0 Å². The van der Waals surface area contributed by atoms with E-state index in [9.17, 15) is 4.79 Å². The van der Waals surface area contributed by atoms with Gasteiger partial charge in [0.15, 0.2) is 11.7 Å². The first-order valence-electron chi connectivity index (χ1n) is 5.08. The molecule has 0 spiro atoms. The first kappa shape index (κ1) is 11.7. The highest BCUT2D eigenvalue weighted by atomic mass is 35.5. The number of carboxylic acids is 1. The third-order valence-corrected chi connectivity index (χ3v) is 2.58. The van der Waals surface area contributed by atoms with Crippen molar-refractivity contribution in [1.29, 1.82) is 0 Å². The van der Waals surface area contributed by atoms with Crippen molar-refractivity contribution in [3.05, 3.63) is 41.4 Å². The van der Waals surface area contributed by atoms with E-state index in [-0.39, 0.29) is 12.8 Å². The second-order valence-corrected chi connectivity index (χ2v) is 3.90. The molecule has 0 saturated heterocycles. The van der Waals surface area contributed by atoms with Crippen molar-refractivity contribution >= 4 is 17.6 Å². The maximum Gasteiger partial charge on any atom is 0.303 e. The van der Waals surface area contributed by atoms with Crippen LogP contribution in [0.1, 0.15) is 12.3 Å². The maximum atomic E-state index is 10.4. The molecule has 4 nitrogen and oxygen atoms in total. The van der Waals surface area contributed by atoms with Gasteiger partial charge in [-0.3, -0.25) is 4.79 Å². The van der Waals surface area contributed by atoms with Crippen molar-refractivity contribution in [3.63, 3.8) is 0 Å². The number of oxazole rings is 1. The molecule has 0 bridgehead atoms. The van der Waals surface area contributed by atoms with Gasteiger partial charge in [-0.25, -0.2) is 4.98 Å². The van der Waals surface area contributed by atoms with Gasteiger partial charge in [-0.2, -0.15) is 0 Å². The van der Waals surface area contributed by atoms with Crippen LogP contribution in [0.25, 0.3) is 11.3 Å². The van der Waals surface area contributed by atoms with E-state index < -0.39 is 5.97 Å². The maximum absolute atomic E-state index is 10.4. The van der Waals surface area contributed by atoms with Gasteiger partial charge in [-0.1, -0.05) is 23.7 Å². The molecule has 1 aromatic heterocycles. The molecule has 5 heteroatoms. The van der Waals surface area contributed by atoms with Gasteiger partial charge < -0.3 is 9.52 Å². The average Bonchev–Trinajstić information content (AvgIpc) is 2.75. The van der Waals surface area contributed by atoms with E-state index in [2.05, 4.69) is 4.98 Å². The highest BCUT2D eigenvalue weighted by molar-refractivity contribution is 6.33. The summed E-state index contributed by atoms with van der Waals surface area (Å²) >= 11 is 6.01. The molecule has 0 amide bonds. The van der Waals surface area contributed by atoms with Crippen molar-refractivity contribution in [2.75, 3.05) is 0 Å². The predicted molar refractivity (Wildman–Crippen MR) is 62.9 cm³/mol. The van der Waals surface area contributed by atoms with E-state index in [0.717, 1.165) is 5.56 Å². The Hall–Kier alpha value is -1.81. The van der Waals surface area contributed by atoms with E-state index in [1.54, 1.807) is 12.3 Å². The largest absolute Gasteiger partial charge is 0.481 e. The van der Waals surface area contributed by atoms with Crippen LogP contribution in [-0.4, -0.2) is 16.1 Å². The van der Waals surface area contributed by atoms with Gasteiger partial charge in [0.2, 0.25) is 0 Å². The molecule has 0 unspecified atom stereocenters. The van der Waals surface area contributed by atoms with Gasteiger partial charge in [0.25, 0.3) is 0 Å². The average molecular weight is 252 g/mol. The van der Waals surface area contributed by atoms with Gasteiger partial charge in [-0.05, 0) is 12.1 Å². The Morgan fingerprint density at radius 3 is 2.88 bits per heavy atom. The highest BCUT2D eigenvalue weighted by Crippen LogP contribution is 2.28. The lowest BCUT2D eigenvalue weighted by Crippen LogP contribution is -1.97. The SMILES string of the molecule is O=C(O)CCc1ncc(-c2ccccc2Cl)o1. The van der Waals surface area contributed by atoms with E-state index in [1.807, 2.05) is 18.2 Å². The van der Waals surface area contributed by atoms with Crippen LogP contribution in [-0.2, 0) is 11.2 Å². The van der Waals surface area contributed by atoms with Gasteiger partial charge in [0, 0.05) is 12.0 Å². The number of halogens is 1. The molecule has 2 aromatic rings. The van der Waals surface area contributed by atoms with Gasteiger partial charge in [-0.15, -0.1) is 0 Å². The van der Waals surface area contributed by atoms with Gasteiger partial charge >= 0.3 is 5.97 Å². The van der Waals surface area contributed by atoms with Crippen molar-refractivity contribution in [2.24, 2.45) is 0 Å². The van der Waals surface area contributed by atoms with Crippen LogP contribution in [0.15, 0.2) is 34.9 Å². The van der Waals surface area contributed by atoms with Crippen LogP contribution in [0.2, 0.25) is 5.02 Å². The van der Waals surface area contributed by atoms with E-state index >= 15 is 0 Å². The van der Waals surface area contributed by atoms with Crippen molar-refractivity contribution in [3.8, 4) is 11.3 Å². The van der Waals surface area contributed by atoms with Crippen LogP contribution in [0.4, 0.5) is 0 Å². The normalized spacial score (nSPS) is 10.4. The Morgan fingerprint density at radius 1 is 1.41 bits per heavy atom. The van der Waals surface area contributed by atoms with Crippen LogP contribution >= 0.6 is 11.6 Å². The summed E-state index contributed by atoms with van der Waals surface area (Å²) in [4.78, 5) is 14.4. The highest BCUT2D eigenvalue weighted by Gasteiger charge is 2.10. The van der Waals surface area contributed by atoms with Crippen LogP contribution in [0, 0.1) is 0 Å². The number of aryl methyl sites for hydroxylation is 1. The van der Waals surface area contributed by atoms with Gasteiger partial charge in [0.05, 0.1) is 17.6 Å². The summed E-state index contributed by atoms with van der Waals surface area (Å²) in [7, 11) is 0. The third kappa shape index (κ3) is 2.85. The Balaban J connectivity index is 2.18.